The Labute approximate surface area is 136 Å². The number of halogens is 1. The van der Waals surface area contributed by atoms with Crippen molar-refractivity contribution in [2.45, 2.75) is 6.42 Å². The van der Waals surface area contributed by atoms with Crippen LogP contribution in [-0.2, 0) is 9.59 Å². The van der Waals surface area contributed by atoms with Crippen LogP contribution in [0.4, 0.5) is 5.69 Å². The summed E-state index contributed by atoms with van der Waals surface area (Å²) in [7, 11) is 0. The van der Waals surface area contributed by atoms with Gasteiger partial charge in [-0.25, -0.2) is 4.90 Å². The van der Waals surface area contributed by atoms with Crippen molar-refractivity contribution in [3.05, 3.63) is 40.0 Å². The largest absolute Gasteiger partial charge is 0.274 e. The van der Waals surface area contributed by atoms with Crippen molar-refractivity contribution >= 4 is 40.1 Å². The van der Waals surface area contributed by atoms with E-state index in [2.05, 4.69) is 34.7 Å². The zero-order valence-electron chi connectivity index (χ0n) is 11.3. The molecule has 3 fully saturated rings. The molecule has 1 aliphatic heterocycles. The third kappa shape index (κ3) is 1.49. The number of rotatable bonds is 1. The van der Waals surface area contributed by atoms with Gasteiger partial charge in [0.2, 0.25) is 11.8 Å². The van der Waals surface area contributed by atoms with Gasteiger partial charge in [0.05, 0.1) is 17.5 Å². The number of allylic oxidation sites excluding steroid dienone is 2. The molecule has 4 aliphatic carbocycles. The topological polar surface area (TPSA) is 37.4 Å². The molecule has 2 amide bonds. The molecule has 5 aliphatic rings. The SMILES string of the molecule is O=C1[C@@H]2[C@H]3C=C[C@H]([C@@H]4C[C@H]34)[C@@H]2C(=O)N1c1cccc(I)c1. The van der Waals surface area contributed by atoms with Gasteiger partial charge in [0.15, 0.2) is 0 Å². The van der Waals surface area contributed by atoms with Crippen LogP contribution in [0.5, 0.6) is 0 Å². The van der Waals surface area contributed by atoms with Gasteiger partial charge in [-0.2, -0.15) is 0 Å². The van der Waals surface area contributed by atoms with Crippen molar-refractivity contribution in [2.75, 3.05) is 4.90 Å². The van der Waals surface area contributed by atoms with Gasteiger partial charge in [0, 0.05) is 3.57 Å². The maximum Gasteiger partial charge on any atom is 0.238 e. The first kappa shape index (κ1) is 12.4. The van der Waals surface area contributed by atoms with E-state index in [1.165, 1.54) is 11.3 Å². The normalized spacial score (nSPS) is 42.2. The molecule has 1 heterocycles. The molecule has 6 atom stereocenters. The monoisotopic (exact) mass is 391 g/mol. The summed E-state index contributed by atoms with van der Waals surface area (Å²) >= 11 is 2.22. The van der Waals surface area contributed by atoms with E-state index in [1.54, 1.807) is 0 Å². The van der Waals surface area contributed by atoms with Crippen molar-refractivity contribution < 1.29 is 9.59 Å². The second-order valence-electron chi connectivity index (χ2n) is 6.65. The minimum Gasteiger partial charge on any atom is -0.274 e. The second kappa shape index (κ2) is 3.97. The minimum atomic E-state index is -0.103. The standard InChI is InChI=1S/C17H14INO2/c18-8-2-1-3-9(6-8)19-16(20)14-10-4-5-11(13-7-12(10)13)15(14)17(19)21/h1-6,10-15H,7H2/t10-,11+,12+,13-,14+,15-. The molecule has 3 nitrogen and oxygen atoms in total. The van der Waals surface area contributed by atoms with Crippen LogP contribution >= 0.6 is 22.6 Å². The van der Waals surface area contributed by atoms with Gasteiger partial charge in [0.1, 0.15) is 0 Å². The van der Waals surface area contributed by atoms with E-state index in [4.69, 9.17) is 0 Å². The highest BCUT2D eigenvalue weighted by Gasteiger charge is 2.67. The van der Waals surface area contributed by atoms with E-state index in [0.717, 1.165) is 9.26 Å². The summed E-state index contributed by atoms with van der Waals surface area (Å²) < 4.78 is 1.05. The lowest BCUT2D eigenvalue weighted by Crippen LogP contribution is -2.40. The second-order valence-corrected chi connectivity index (χ2v) is 7.89. The highest BCUT2D eigenvalue weighted by Crippen LogP contribution is 2.65. The number of benzene rings is 1. The third-order valence-corrected chi connectivity index (χ3v) is 6.40. The zero-order chi connectivity index (χ0) is 14.3. The Hall–Kier alpha value is -1.17. The summed E-state index contributed by atoms with van der Waals surface area (Å²) in [4.78, 5) is 27.2. The summed E-state index contributed by atoms with van der Waals surface area (Å²) in [5, 5.41) is 0. The molecule has 21 heavy (non-hydrogen) atoms. The average molecular weight is 391 g/mol. The molecular formula is C17H14INO2. The number of imide groups is 1. The van der Waals surface area contributed by atoms with Gasteiger partial charge in [-0.1, -0.05) is 18.2 Å². The quantitative estimate of drug-likeness (QED) is 0.420. The van der Waals surface area contributed by atoms with Gasteiger partial charge >= 0.3 is 0 Å². The van der Waals surface area contributed by atoms with E-state index in [0.29, 0.717) is 23.7 Å². The molecule has 0 aromatic heterocycles. The van der Waals surface area contributed by atoms with E-state index in [1.807, 2.05) is 24.3 Å². The lowest BCUT2D eigenvalue weighted by molar-refractivity contribution is -0.124. The Morgan fingerprint density at radius 3 is 2.19 bits per heavy atom. The maximum atomic E-state index is 12.9. The molecule has 1 aromatic rings. The molecule has 106 valence electrons. The smallest absolute Gasteiger partial charge is 0.238 e. The first-order chi connectivity index (χ1) is 10.2. The lowest BCUT2D eigenvalue weighted by Gasteiger charge is -2.37. The predicted molar refractivity (Wildman–Crippen MR) is 86.3 cm³/mol. The number of hydrogen-bond acceptors (Lipinski definition) is 2. The molecule has 0 N–H and O–H groups in total. The Morgan fingerprint density at radius 2 is 1.62 bits per heavy atom. The Balaban J connectivity index is 1.60. The number of amides is 2. The molecule has 2 saturated carbocycles. The fraction of sp³-hybridized carbons (Fsp3) is 0.412. The van der Waals surface area contributed by atoms with Gasteiger partial charge in [0.25, 0.3) is 0 Å². The maximum absolute atomic E-state index is 12.9. The molecule has 6 rings (SSSR count). The van der Waals surface area contributed by atoms with Crippen molar-refractivity contribution in [1.29, 1.82) is 0 Å². The Morgan fingerprint density at radius 1 is 1.00 bits per heavy atom. The molecule has 0 unspecified atom stereocenters. The van der Waals surface area contributed by atoms with Crippen LogP contribution in [0.3, 0.4) is 0 Å². The van der Waals surface area contributed by atoms with Crippen molar-refractivity contribution in [1.82, 2.24) is 0 Å². The summed E-state index contributed by atoms with van der Waals surface area (Å²) in [5.74, 6) is 1.77. The summed E-state index contributed by atoms with van der Waals surface area (Å²) in [5.41, 5.74) is 0.736. The molecular weight excluding hydrogens is 377 g/mol. The first-order valence-corrected chi connectivity index (χ1v) is 8.56. The number of nitrogens with zero attached hydrogens (tertiary/aromatic N) is 1. The third-order valence-electron chi connectivity index (χ3n) is 5.73. The predicted octanol–water partition coefficient (Wildman–Crippen LogP) is 2.85. The molecule has 4 heteroatoms. The molecule has 0 radical (unpaired) electrons. The van der Waals surface area contributed by atoms with Crippen molar-refractivity contribution in [2.24, 2.45) is 35.5 Å². The summed E-state index contributed by atoms with van der Waals surface area (Å²) in [6, 6.07) is 7.67. The van der Waals surface area contributed by atoms with Crippen LogP contribution in [0.25, 0.3) is 0 Å². The van der Waals surface area contributed by atoms with Crippen LogP contribution in [0.2, 0.25) is 0 Å². The molecule has 1 saturated heterocycles. The highest BCUT2D eigenvalue weighted by molar-refractivity contribution is 14.1. The first-order valence-electron chi connectivity index (χ1n) is 7.48. The van der Waals surface area contributed by atoms with Gasteiger partial charge in [-0.15, -0.1) is 0 Å². The van der Waals surface area contributed by atoms with E-state index in [-0.39, 0.29) is 23.7 Å². The minimum absolute atomic E-state index is 0.0247. The summed E-state index contributed by atoms with van der Waals surface area (Å²) in [6.07, 6.45) is 5.63. The van der Waals surface area contributed by atoms with Crippen LogP contribution in [0.15, 0.2) is 36.4 Å². The molecule has 0 spiro atoms. The van der Waals surface area contributed by atoms with E-state index < -0.39 is 0 Å². The van der Waals surface area contributed by atoms with Crippen LogP contribution in [0.1, 0.15) is 6.42 Å². The lowest BCUT2D eigenvalue weighted by atomic mass is 9.63. The highest BCUT2D eigenvalue weighted by atomic mass is 127. The average Bonchev–Trinajstić information content (AvgIpc) is 3.24. The van der Waals surface area contributed by atoms with Gasteiger partial charge in [-0.3, -0.25) is 9.59 Å². The van der Waals surface area contributed by atoms with Gasteiger partial charge in [-0.05, 0) is 70.9 Å². The Kier molecular flexibility index (Phi) is 2.34. The van der Waals surface area contributed by atoms with Crippen molar-refractivity contribution in [3.63, 3.8) is 0 Å². The van der Waals surface area contributed by atoms with Gasteiger partial charge < -0.3 is 0 Å². The van der Waals surface area contributed by atoms with E-state index in [9.17, 15) is 9.59 Å². The van der Waals surface area contributed by atoms with Crippen LogP contribution in [0, 0.1) is 39.1 Å². The fourth-order valence-electron chi connectivity index (χ4n) is 4.83. The Bertz CT molecular complexity index is 676. The van der Waals surface area contributed by atoms with E-state index >= 15 is 0 Å². The summed E-state index contributed by atoms with van der Waals surface area (Å²) in [6.45, 7) is 0. The molecule has 1 aromatic carbocycles. The van der Waals surface area contributed by atoms with Crippen molar-refractivity contribution in [3.8, 4) is 0 Å². The van der Waals surface area contributed by atoms with Crippen LogP contribution in [-0.4, -0.2) is 11.8 Å². The molecule has 2 bridgehead atoms. The fourth-order valence-corrected chi connectivity index (χ4v) is 5.35. The number of anilines is 1. The number of hydrogen-bond donors (Lipinski definition) is 0. The van der Waals surface area contributed by atoms with Crippen LogP contribution < -0.4 is 4.90 Å². The number of carbonyl (C=O) groups is 2. The zero-order valence-corrected chi connectivity index (χ0v) is 13.4. The number of carbonyl (C=O) groups excluding carboxylic acids is 2.